The van der Waals surface area contributed by atoms with Gasteiger partial charge in [0.2, 0.25) is 5.88 Å². The molecule has 4 rings (SSSR count). The molecule has 1 heterocycles. The molecule has 1 aromatic heterocycles. The van der Waals surface area contributed by atoms with Gasteiger partial charge < -0.3 is 21.1 Å². The number of benzene rings is 2. The number of amides is 2. The average Bonchev–Trinajstić information content (AvgIpc) is 3.48. The number of carbonyl (C=O) groups is 2. The molecule has 7 nitrogen and oxygen atoms in total. The molecule has 41 heavy (non-hydrogen) atoms. The fourth-order valence-electron chi connectivity index (χ4n) is 5.16. The van der Waals surface area contributed by atoms with E-state index in [1.165, 1.54) is 24.3 Å². The number of ether oxygens (including phenoxy) is 1. The molecule has 3 aromatic rings. The molecule has 218 valence electrons. The van der Waals surface area contributed by atoms with Crippen molar-refractivity contribution in [1.29, 1.82) is 0 Å². The second-order valence-corrected chi connectivity index (χ2v) is 10.0. The van der Waals surface area contributed by atoms with Gasteiger partial charge in [-0.2, -0.15) is 0 Å². The smallest absolute Gasteiger partial charge is 0.260 e. The highest BCUT2D eigenvalue weighted by Crippen LogP contribution is 2.43. The number of hydrogen-bond acceptors (Lipinski definition) is 5. The monoisotopic (exact) mass is 576 g/mol. The van der Waals surface area contributed by atoms with Crippen LogP contribution in [0.15, 0.2) is 54.1 Å². The number of likely N-dealkylation sites (N-methyl/N-ethyl adjacent to an activating group) is 1. The Kier molecular flexibility index (Phi) is 11.5. The summed E-state index contributed by atoms with van der Waals surface area (Å²) in [6.45, 7) is 8.27. The van der Waals surface area contributed by atoms with E-state index in [0.717, 1.165) is 53.6 Å². The maximum atomic E-state index is 13.1. The first-order chi connectivity index (χ1) is 19.8. The third-order valence-electron chi connectivity index (χ3n) is 7.31. The van der Waals surface area contributed by atoms with Crippen LogP contribution in [0.2, 0.25) is 5.02 Å². The van der Waals surface area contributed by atoms with Gasteiger partial charge in [-0.1, -0.05) is 75.7 Å². The van der Waals surface area contributed by atoms with Gasteiger partial charge in [0.1, 0.15) is 5.57 Å². The summed E-state index contributed by atoms with van der Waals surface area (Å²) in [6.07, 6.45) is 5.30. The zero-order valence-corrected chi connectivity index (χ0v) is 25.6. The Labute approximate surface area is 248 Å². The van der Waals surface area contributed by atoms with Gasteiger partial charge in [0, 0.05) is 36.0 Å². The quantitative estimate of drug-likeness (QED) is 0.150. The van der Waals surface area contributed by atoms with Crippen LogP contribution in [0.25, 0.3) is 22.4 Å². The van der Waals surface area contributed by atoms with Crippen LogP contribution in [-0.4, -0.2) is 37.5 Å². The first-order valence-corrected chi connectivity index (χ1v) is 14.6. The molecule has 2 aromatic carbocycles. The number of aryl methyl sites for hydroxylation is 1. The van der Waals surface area contributed by atoms with Gasteiger partial charge in [-0.15, -0.1) is 0 Å². The topological polar surface area (TPSA) is 106 Å². The fraction of sp³-hybridized carbons (Fsp3) is 0.364. The highest BCUT2D eigenvalue weighted by molar-refractivity contribution is 6.36. The lowest BCUT2D eigenvalue weighted by Gasteiger charge is -2.22. The number of carbonyl (C=O) groups excluding carboxylic acids is 2. The SMILES string of the molecule is CC.CCC(C)c1c(NC(=O)/C(=C/CN)C(=O)NC)cccc1-c1cccc(-c2cc3c(c(OC)n2)CCC3)c1Cl. The van der Waals surface area contributed by atoms with Crippen molar-refractivity contribution in [3.8, 4) is 28.3 Å². The zero-order valence-electron chi connectivity index (χ0n) is 24.9. The number of nitrogens with zero attached hydrogens (tertiary/aromatic N) is 1. The Balaban J connectivity index is 0.00000226. The standard InChI is InChI=1S/C31H35ClN4O3.C2H6/c1-5-18(2)27-21(11-8-14-25(27)35-30(38)24(15-16-33)29(37)34-3)22-12-7-13-23(28(22)32)26-17-19-9-6-10-20(19)31(36-26)39-4;1-2/h7-8,11-15,17-18H,5-6,9-10,16,33H2,1-4H3,(H,34,37)(H,35,38);1-2H3/b24-15+;. The normalized spacial score (nSPS) is 13.0. The van der Waals surface area contributed by atoms with Crippen molar-refractivity contribution in [2.45, 2.75) is 59.3 Å². The molecule has 0 radical (unpaired) electrons. The Hall–Kier alpha value is -3.68. The van der Waals surface area contributed by atoms with Crippen molar-refractivity contribution in [3.63, 3.8) is 0 Å². The largest absolute Gasteiger partial charge is 0.481 e. The molecule has 4 N–H and O–H groups in total. The van der Waals surface area contributed by atoms with Gasteiger partial charge in [-0.05, 0) is 60.4 Å². The molecule has 0 bridgehead atoms. The van der Waals surface area contributed by atoms with Gasteiger partial charge in [-0.3, -0.25) is 9.59 Å². The summed E-state index contributed by atoms with van der Waals surface area (Å²) < 4.78 is 5.62. The summed E-state index contributed by atoms with van der Waals surface area (Å²) in [5, 5.41) is 6.02. The van der Waals surface area contributed by atoms with Crippen LogP contribution in [0.4, 0.5) is 5.69 Å². The maximum absolute atomic E-state index is 13.1. The highest BCUT2D eigenvalue weighted by atomic mass is 35.5. The molecule has 0 spiro atoms. The van der Waals surface area contributed by atoms with Crippen LogP contribution in [0.5, 0.6) is 5.88 Å². The van der Waals surface area contributed by atoms with Crippen molar-refractivity contribution in [3.05, 3.63) is 75.8 Å². The Morgan fingerprint density at radius 2 is 1.78 bits per heavy atom. The number of halogens is 1. The summed E-state index contributed by atoms with van der Waals surface area (Å²) in [5.41, 5.74) is 12.9. The summed E-state index contributed by atoms with van der Waals surface area (Å²) in [4.78, 5) is 30.2. The zero-order chi connectivity index (χ0) is 30.1. The first kappa shape index (κ1) is 31.8. The van der Waals surface area contributed by atoms with Gasteiger partial charge in [0.05, 0.1) is 17.8 Å². The minimum atomic E-state index is -0.518. The molecule has 1 aliphatic carbocycles. The van der Waals surface area contributed by atoms with E-state index < -0.39 is 11.8 Å². The van der Waals surface area contributed by atoms with Crippen molar-refractivity contribution in [2.75, 3.05) is 26.0 Å². The van der Waals surface area contributed by atoms with Crippen LogP contribution < -0.4 is 21.1 Å². The van der Waals surface area contributed by atoms with E-state index >= 15 is 0 Å². The van der Waals surface area contributed by atoms with Crippen molar-refractivity contribution in [1.82, 2.24) is 10.3 Å². The number of nitrogens with two attached hydrogens (primary N) is 1. The predicted molar refractivity (Wildman–Crippen MR) is 169 cm³/mol. The van der Waals surface area contributed by atoms with Gasteiger partial charge in [0.15, 0.2) is 0 Å². The highest BCUT2D eigenvalue weighted by Gasteiger charge is 2.24. The second-order valence-electron chi connectivity index (χ2n) is 9.64. The Morgan fingerprint density at radius 3 is 2.44 bits per heavy atom. The van der Waals surface area contributed by atoms with Crippen LogP contribution in [0, 0.1) is 0 Å². The Morgan fingerprint density at radius 1 is 1.10 bits per heavy atom. The number of nitrogens with one attached hydrogen (secondary N) is 2. The summed E-state index contributed by atoms with van der Waals surface area (Å²) in [5.74, 6) is -0.261. The molecule has 0 aliphatic heterocycles. The minimum Gasteiger partial charge on any atom is -0.481 e. The van der Waals surface area contributed by atoms with Crippen LogP contribution >= 0.6 is 11.6 Å². The molecule has 8 heteroatoms. The number of fused-ring (bicyclic) bond motifs is 1. The fourth-order valence-corrected chi connectivity index (χ4v) is 5.49. The van der Waals surface area contributed by atoms with Crippen molar-refractivity contribution >= 4 is 29.1 Å². The van der Waals surface area contributed by atoms with Gasteiger partial charge >= 0.3 is 0 Å². The molecule has 1 atom stereocenters. The number of aromatic nitrogens is 1. The first-order valence-electron chi connectivity index (χ1n) is 14.3. The maximum Gasteiger partial charge on any atom is 0.260 e. The molecule has 0 fully saturated rings. The lowest BCUT2D eigenvalue weighted by atomic mass is 9.87. The lowest BCUT2D eigenvalue weighted by molar-refractivity contribution is -0.121. The third-order valence-corrected chi connectivity index (χ3v) is 7.71. The molecule has 2 amide bonds. The number of pyridine rings is 1. The summed E-state index contributed by atoms with van der Waals surface area (Å²) in [7, 11) is 3.13. The Bertz CT molecular complexity index is 1430. The number of anilines is 1. The molecular weight excluding hydrogens is 536 g/mol. The number of rotatable bonds is 9. The third kappa shape index (κ3) is 6.80. The average molecular weight is 577 g/mol. The summed E-state index contributed by atoms with van der Waals surface area (Å²) >= 11 is 7.11. The van der Waals surface area contributed by atoms with Crippen LogP contribution in [0.3, 0.4) is 0 Å². The summed E-state index contributed by atoms with van der Waals surface area (Å²) in [6, 6.07) is 13.8. The van der Waals surface area contributed by atoms with Crippen molar-refractivity contribution < 1.29 is 14.3 Å². The second kappa shape index (κ2) is 14.8. The van der Waals surface area contributed by atoms with E-state index in [4.69, 9.17) is 27.1 Å². The molecular formula is C33H41ClN4O3. The van der Waals surface area contributed by atoms with E-state index in [2.05, 4.69) is 30.5 Å². The molecule has 1 aliphatic rings. The number of methoxy groups -OCH3 is 1. The minimum absolute atomic E-state index is 0.0304. The molecule has 1 unspecified atom stereocenters. The van der Waals surface area contributed by atoms with E-state index in [0.29, 0.717) is 16.6 Å². The van der Waals surface area contributed by atoms with Gasteiger partial charge in [-0.25, -0.2) is 4.98 Å². The van der Waals surface area contributed by atoms with Crippen LogP contribution in [-0.2, 0) is 22.4 Å². The molecule has 0 saturated carbocycles. The van der Waals surface area contributed by atoms with E-state index in [1.54, 1.807) is 7.11 Å². The van der Waals surface area contributed by atoms with E-state index in [-0.39, 0.29) is 18.0 Å². The lowest BCUT2D eigenvalue weighted by Crippen LogP contribution is -2.29. The molecule has 0 saturated heterocycles. The number of hydrogen-bond donors (Lipinski definition) is 3. The predicted octanol–water partition coefficient (Wildman–Crippen LogP) is 6.68. The van der Waals surface area contributed by atoms with Gasteiger partial charge in [0.25, 0.3) is 11.8 Å². The van der Waals surface area contributed by atoms with Crippen LogP contribution in [0.1, 0.15) is 63.1 Å². The van der Waals surface area contributed by atoms with Crippen molar-refractivity contribution in [2.24, 2.45) is 5.73 Å². The van der Waals surface area contributed by atoms with E-state index in [9.17, 15) is 9.59 Å². The van der Waals surface area contributed by atoms with E-state index in [1.807, 2.05) is 50.2 Å².